The summed E-state index contributed by atoms with van der Waals surface area (Å²) in [5.41, 5.74) is 0. The van der Waals surface area contributed by atoms with Crippen LogP contribution >= 0.6 is 0 Å². The van der Waals surface area contributed by atoms with Crippen molar-refractivity contribution in [2.24, 2.45) is 5.92 Å². The lowest BCUT2D eigenvalue weighted by atomic mass is 10.0. The van der Waals surface area contributed by atoms with Crippen LogP contribution in [-0.2, 0) is 4.74 Å². The summed E-state index contributed by atoms with van der Waals surface area (Å²) < 4.78 is 40.3. The third-order valence-electron chi connectivity index (χ3n) is 2.01. The average molecular weight is 197 g/mol. The summed E-state index contributed by atoms with van der Waals surface area (Å²) in [5.74, 6) is 0.246. The Hall–Kier alpha value is -0.290. The smallest absolute Gasteiger partial charge is 0.381 e. The van der Waals surface area contributed by atoms with E-state index in [1.807, 2.05) is 0 Å². The van der Waals surface area contributed by atoms with E-state index in [0.29, 0.717) is 13.2 Å². The minimum absolute atomic E-state index is 0.246. The standard InChI is InChI=1S/C8H14F3NO/c9-8(10,11)6-12-4-7-2-1-3-13-5-7/h7,12H,1-6H2. The van der Waals surface area contributed by atoms with Gasteiger partial charge in [0.15, 0.2) is 0 Å². The van der Waals surface area contributed by atoms with Gasteiger partial charge in [0.25, 0.3) is 0 Å². The van der Waals surface area contributed by atoms with Gasteiger partial charge < -0.3 is 10.1 Å². The van der Waals surface area contributed by atoms with Gasteiger partial charge in [-0.05, 0) is 18.8 Å². The van der Waals surface area contributed by atoms with Crippen LogP contribution in [0.3, 0.4) is 0 Å². The molecule has 0 bridgehead atoms. The minimum Gasteiger partial charge on any atom is -0.381 e. The highest BCUT2D eigenvalue weighted by Gasteiger charge is 2.26. The van der Waals surface area contributed by atoms with Gasteiger partial charge in [0.05, 0.1) is 13.2 Å². The van der Waals surface area contributed by atoms with Gasteiger partial charge in [0.1, 0.15) is 0 Å². The maximum atomic E-state index is 11.7. The predicted molar refractivity (Wildman–Crippen MR) is 42.5 cm³/mol. The minimum atomic E-state index is -4.10. The Morgan fingerprint density at radius 1 is 1.38 bits per heavy atom. The fourth-order valence-electron chi connectivity index (χ4n) is 1.39. The molecule has 1 heterocycles. The lowest BCUT2D eigenvalue weighted by Crippen LogP contribution is -2.35. The Morgan fingerprint density at radius 3 is 2.69 bits per heavy atom. The van der Waals surface area contributed by atoms with Crippen molar-refractivity contribution in [2.45, 2.75) is 19.0 Å². The van der Waals surface area contributed by atoms with Crippen LogP contribution in [0.4, 0.5) is 13.2 Å². The van der Waals surface area contributed by atoms with Crippen LogP contribution < -0.4 is 5.32 Å². The Balaban J connectivity index is 2.04. The van der Waals surface area contributed by atoms with Gasteiger partial charge in [0, 0.05) is 13.2 Å². The maximum Gasteiger partial charge on any atom is 0.401 e. The molecule has 13 heavy (non-hydrogen) atoms. The Bertz CT molecular complexity index is 143. The summed E-state index contributed by atoms with van der Waals surface area (Å²) in [7, 11) is 0. The molecule has 1 saturated heterocycles. The summed E-state index contributed by atoms with van der Waals surface area (Å²) in [4.78, 5) is 0. The second-order valence-corrected chi connectivity index (χ2v) is 3.33. The van der Waals surface area contributed by atoms with Crippen LogP contribution in [0.25, 0.3) is 0 Å². The number of hydrogen-bond donors (Lipinski definition) is 1. The van der Waals surface area contributed by atoms with Crippen molar-refractivity contribution in [2.75, 3.05) is 26.3 Å². The van der Waals surface area contributed by atoms with Gasteiger partial charge in [-0.2, -0.15) is 13.2 Å². The third-order valence-corrected chi connectivity index (χ3v) is 2.01. The number of rotatable bonds is 3. The quantitative estimate of drug-likeness (QED) is 0.741. The molecule has 0 aromatic rings. The van der Waals surface area contributed by atoms with Crippen molar-refractivity contribution >= 4 is 0 Å². The lowest BCUT2D eigenvalue weighted by molar-refractivity contribution is -0.125. The second-order valence-electron chi connectivity index (χ2n) is 3.33. The zero-order chi connectivity index (χ0) is 9.73. The fourth-order valence-corrected chi connectivity index (χ4v) is 1.39. The fraction of sp³-hybridized carbons (Fsp3) is 1.00. The second kappa shape index (κ2) is 4.81. The van der Waals surface area contributed by atoms with Crippen molar-refractivity contribution in [3.63, 3.8) is 0 Å². The first kappa shape index (κ1) is 10.8. The van der Waals surface area contributed by atoms with Gasteiger partial charge in [-0.25, -0.2) is 0 Å². The molecule has 1 unspecified atom stereocenters. The zero-order valence-corrected chi connectivity index (χ0v) is 7.36. The molecule has 1 aliphatic rings. The average Bonchev–Trinajstić information content (AvgIpc) is 2.04. The monoisotopic (exact) mass is 197 g/mol. The van der Waals surface area contributed by atoms with E-state index in [-0.39, 0.29) is 5.92 Å². The molecule has 5 heteroatoms. The van der Waals surface area contributed by atoms with Gasteiger partial charge in [-0.15, -0.1) is 0 Å². The van der Waals surface area contributed by atoms with Gasteiger partial charge in [-0.1, -0.05) is 0 Å². The van der Waals surface area contributed by atoms with E-state index in [2.05, 4.69) is 5.32 Å². The molecule has 0 aromatic carbocycles. The van der Waals surface area contributed by atoms with Gasteiger partial charge in [-0.3, -0.25) is 0 Å². The lowest BCUT2D eigenvalue weighted by Gasteiger charge is -2.22. The van der Waals surface area contributed by atoms with Crippen LogP contribution in [0.1, 0.15) is 12.8 Å². The highest BCUT2D eigenvalue weighted by Crippen LogP contribution is 2.15. The molecule has 2 nitrogen and oxygen atoms in total. The van der Waals surface area contributed by atoms with Crippen molar-refractivity contribution in [3.8, 4) is 0 Å². The van der Waals surface area contributed by atoms with E-state index in [1.165, 1.54) is 0 Å². The van der Waals surface area contributed by atoms with Crippen molar-refractivity contribution in [3.05, 3.63) is 0 Å². The zero-order valence-electron chi connectivity index (χ0n) is 7.36. The number of nitrogens with one attached hydrogen (secondary N) is 1. The number of hydrogen-bond acceptors (Lipinski definition) is 2. The van der Waals surface area contributed by atoms with Crippen molar-refractivity contribution < 1.29 is 17.9 Å². The third kappa shape index (κ3) is 5.10. The van der Waals surface area contributed by atoms with Crippen LogP contribution in [0.2, 0.25) is 0 Å². The van der Waals surface area contributed by atoms with Gasteiger partial charge in [0.2, 0.25) is 0 Å². The van der Waals surface area contributed by atoms with E-state index in [0.717, 1.165) is 19.4 Å². The molecule has 0 saturated carbocycles. The molecule has 1 atom stereocenters. The largest absolute Gasteiger partial charge is 0.401 e. The molecular formula is C8H14F3NO. The van der Waals surface area contributed by atoms with E-state index in [4.69, 9.17) is 4.74 Å². The maximum absolute atomic E-state index is 11.7. The van der Waals surface area contributed by atoms with Crippen LogP contribution in [0.15, 0.2) is 0 Å². The molecule has 0 spiro atoms. The first-order valence-corrected chi connectivity index (χ1v) is 4.43. The van der Waals surface area contributed by atoms with Crippen LogP contribution in [0, 0.1) is 5.92 Å². The molecule has 0 amide bonds. The number of ether oxygens (including phenoxy) is 1. The van der Waals surface area contributed by atoms with E-state index < -0.39 is 12.7 Å². The van der Waals surface area contributed by atoms with E-state index in [1.54, 1.807) is 0 Å². The number of halogens is 3. The predicted octanol–water partition coefficient (Wildman–Crippen LogP) is 1.56. The summed E-state index contributed by atoms with van der Waals surface area (Å²) >= 11 is 0. The van der Waals surface area contributed by atoms with Crippen molar-refractivity contribution in [1.29, 1.82) is 0 Å². The summed E-state index contributed by atoms with van der Waals surface area (Å²) in [5, 5.41) is 2.39. The topological polar surface area (TPSA) is 21.3 Å². The summed E-state index contributed by atoms with van der Waals surface area (Å²) in [6.07, 6.45) is -2.18. The molecule has 78 valence electrons. The summed E-state index contributed by atoms with van der Waals surface area (Å²) in [6.45, 7) is 0.837. The molecule has 1 fully saturated rings. The highest BCUT2D eigenvalue weighted by molar-refractivity contribution is 4.67. The highest BCUT2D eigenvalue weighted by atomic mass is 19.4. The SMILES string of the molecule is FC(F)(F)CNCC1CCCOC1. The molecule has 1 N–H and O–H groups in total. The molecule has 1 rings (SSSR count). The van der Waals surface area contributed by atoms with Crippen molar-refractivity contribution in [1.82, 2.24) is 5.32 Å². The van der Waals surface area contributed by atoms with Gasteiger partial charge >= 0.3 is 6.18 Å². The molecular weight excluding hydrogens is 183 g/mol. The van der Waals surface area contributed by atoms with Crippen LogP contribution in [0.5, 0.6) is 0 Å². The first-order chi connectivity index (χ1) is 6.08. The first-order valence-electron chi connectivity index (χ1n) is 4.43. The summed E-state index contributed by atoms with van der Waals surface area (Å²) in [6, 6.07) is 0. The van der Waals surface area contributed by atoms with E-state index in [9.17, 15) is 13.2 Å². The molecule has 0 aliphatic carbocycles. The Labute approximate surface area is 75.4 Å². The normalized spacial score (nSPS) is 24.7. The Morgan fingerprint density at radius 2 is 2.15 bits per heavy atom. The molecule has 0 radical (unpaired) electrons. The van der Waals surface area contributed by atoms with E-state index >= 15 is 0 Å². The molecule has 0 aromatic heterocycles. The Kier molecular flexibility index (Phi) is 3.99. The van der Waals surface area contributed by atoms with Crippen LogP contribution in [-0.4, -0.2) is 32.5 Å². The molecule has 1 aliphatic heterocycles. The number of alkyl halides is 3.